The molecule has 1 aromatic rings. The largest absolute Gasteiger partial charge is 0.493 e. The molecule has 19 heavy (non-hydrogen) atoms. The smallest absolute Gasteiger partial charge is 0.125 e. The van der Waals surface area contributed by atoms with Gasteiger partial charge in [0.05, 0.1) is 13.2 Å². The molecule has 2 aliphatic heterocycles. The van der Waals surface area contributed by atoms with Crippen molar-refractivity contribution in [3.05, 3.63) is 28.3 Å². The number of rotatable bonds is 3. The minimum absolute atomic E-state index is 0.0443. The topological polar surface area (TPSA) is 44.5 Å². The summed E-state index contributed by atoms with van der Waals surface area (Å²) < 4.78 is 11.4. The Morgan fingerprint density at radius 3 is 2.95 bits per heavy atom. The number of fused-ring (bicyclic) bond motifs is 1. The van der Waals surface area contributed by atoms with Crippen molar-refractivity contribution in [1.82, 2.24) is 0 Å². The van der Waals surface area contributed by atoms with Crippen molar-refractivity contribution in [2.24, 2.45) is 11.1 Å². The van der Waals surface area contributed by atoms with Gasteiger partial charge in [-0.3, -0.25) is 0 Å². The molecule has 104 valence electrons. The quantitative estimate of drug-likeness (QED) is 0.926. The maximum atomic E-state index is 6.22. The summed E-state index contributed by atoms with van der Waals surface area (Å²) in [7, 11) is 0. The molecule has 4 heteroatoms. The van der Waals surface area contributed by atoms with Crippen LogP contribution in [-0.2, 0) is 17.6 Å². The van der Waals surface area contributed by atoms with E-state index in [1.54, 1.807) is 0 Å². The number of nitrogens with two attached hydrogens (primary N) is 1. The van der Waals surface area contributed by atoms with Gasteiger partial charge >= 0.3 is 0 Å². The number of ether oxygens (including phenoxy) is 2. The lowest BCUT2D eigenvalue weighted by Gasteiger charge is -2.36. The first kappa shape index (κ1) is 13.2. The van der Waals surface area contributed by atoms with Crippen molar-refractivity contribution in [3.8, 4) is 5.75 Å². The molecule has 1 atom stereocenters. The lowest BCUT2D eigenvalue weighted by atomic mass is 9.77. The van der Waals surface area contributed by atoms with Crippen LogP contribution in [-0.4, -0.2) is 26.4 Å². The maximum absolute atomic E-state index is 6.22. The summed E-state index contributed by atoms with van der Waals surface area (Å²) in [6.45, 7) is 3.00. The molecule has 3 nitrogen and oxygen atoms in total. The van der Waals surface area contributed by atoms with Crippen molar-refractivity contribution in [3.63, 3.8) is 0 Å². The van der Waals surface area contributed by atoms with Crippen LogP contribution >= 0.6 is 11.6 Å². The lowest BCUT2D eigenvalue weighted by molar-refractivity contribution is -0.00287. The molecule has 1 saturated heterocycles. The molecule has 2 N–H and O–H groups in total. The Balaban J connectivity index is 1.90. The fourth-order valence-electron chi connectivity index (χ4n) is 3.16. The van der Waals surface area contributed by atoms with E-state index in [1.165, 1.54) is 11.1 Å². The lowest BCUT2D eigenvalue weighted by Crippen LogP contribution is -2.40. The molecule has 0 amide bonds. The molecule has 0 bridgehead atoms. The van der Waals surface area contributed by atoms with Crippen LogP contribution in [0.25, 0.3) is 0 Å². The SMILES string of the molecule is NCC1(Cc2cc(Cl)cc3c2OCC3)CCCOC1. The fraction of sp³-hybridized carbons (Fsp3) is 0.600. The van der Waals surface area contributed by atoms with Crippen LogP contribution in [0.15, 0.2) is 12.1 Å². The molecule has 2 aliphatic rings. The molecule has 3 rings (SSSR count). The number of hydrogen-bond acceptors (Lipinski definition) is 3. The molecule has 0 spiro atoms. The zero-order valence-electron chi connectivity index (χ0n) is 11.1. The van der Waals surface area contributed by atoms with Gasteiger partial charge in [-0.15, -0.1) is 0 Å². The highest BCUT2D eigenvalue weighted by molar-refractivity contribution is 6.30. The van der Waals surface area contributed by atoms with Gasteiger partial charge in [0.1, 0.15) is 5.75 Å². The van der Waals surface area contributed by atoms with E-state index in [4.69, 9.17) is 26.8 Å². The Hall–Kier alpha value is -0.770. The molecular formula is C15H20ClNO2. The minimum atomic E-state index is 0.0443. The van der Waals surface area contributed by atoms with Gasteiger partial charge in [-0.2, -0.15) is 0 Å². The zero-order chi connectivity index (χ0) is 13.3. The van der Waals surface area contributed by atoms with Crippen LogP contribution in [0, 0.1) is 5.41 Å². The van der Waals surface area contributed by atoms with Crippen molar-refractivity contribution in [2.75, 3.05) is 26.4 Å². The third kappa shape index (κ3) is 2.60. The molecule has 1 aromatic carbocycles. The van der Waals surface area contributed by atoms with Gasteiger partial charge in [-0.05, 0) is 42.5 Å². The predicted octanol–water partition coefficient (Wildman–Crippen LogP) is 2.57. The minimum Gasteiger partial charge on any atom is -0.493 e. The van der Waals surface area contributed by atoms with Crippen LogP contribution in [0.5, 0.6) is 5.75 Å². The molecule has 0 saturated carbocycles. The number of halogens is 1. The van der Waals surface area contributed by atoms with E-state index >= 15 is 0 Å². The second-order valence-corrected chi connectivity index (χ2v) is 6.13. The highest BCUT2D eigenvalue weighted by Gasteiger charge is 2.33. The van der Waals surface area contributed by atoms with Gasteiger partial charge in [0.15, 0.2) is 0 Å². The van der Waals surface area contributed by atoms with Crippen molar-refractivity contribution >= 4 is 11.6 Å². The van der Waals surface area contributed by atoms with Crippen molar-refractivity contribution < 1.29 is 9.47 Å². The molecule has 1 fully saturated rings. The van der Waals surface area contributed by atoms with E-state index in [0.29, 0.717) is 6.54 Å². The average molecular weight is 282 g/mol. The van der Waals surface area contributed by atoms with Crippen molar-refractivity contribution in [1.29, 1.82) is 0 Å². The first-order valence-corrected chi connectivity index (χ1v) is 7.32. The van der Waals surface area contributed by atoms with Crippen LogP contribution < -0.4 is 10.5 Å². The summed E-state index contributed by atoms with van der Waals surface area (Å²) in [4.78, 5) is 0. The van der Waals surface area contributed by atoms with Gasteiger partial charge in [-0.1, -0.05) is 11.6 Å². The van der Waals surface area contributed by atoms with E-state index < -0.39 is 0 Å². The third-order valence-corrected chi connectivity index (χ3v) is 4.45. The normalized spacial score (nSPS) is 26.0. The Bertz CT molecular complexity index is 469. The van der Waals surface area contributed by atoms with E-state index in [0.717, 1.165) is 56.3 Å². The van der Waals surface area contributed by atoms with E-state index in [1.807, 2.05) is 12.1 Å². The Labute approximate surface area is 119 Å². The van der Waals surface area contributed by atoms with Crippen molar-refractivity contribution in [2.45, 2.75) is 25.7 Å². The number of benzene rings is 1. The van der Waals surface area contributed by atoms with Gasteiger partial charge in [0.25, 0.3) is 0 Å². The fourth-order valence-corrected chi connectivity index (χ4v) is 3.43. The van der Waals surface area contributed by atoms with E-state index in [-0.39, 0.29) is 5.41 Å². The van der Waals surface area contributed by atoms with Crippen LogP contribution in [0.3, 0.4) is 0 Å². The van der Waals surface area contributed by atoms with Gasteiger partial charge in [-0.25, -0.2) is 0 Å². The maximum Gasteiger partial charge on any atom is 0.125 e. The molecule has 0 aliphatic carbocycles. The summed E-state index contributed by atoms with van der Waals surface area (Å²) in [6.07, 6.45) is 4.05. The summed E-state index contributed by atoms with van der Waals surface area (Å²) in [6, 6.07) is 4.04. The monoisotopic (exact) mass is 281 g/mol. The van der Waals surface area contributed by atoms with Gasteiger partial charge < -0.3 is 15.2 Å². The first-order valence-electron chi connectivity index (χ1n) is 6.94. The Kier molecular flexibility index (Phi) is 3.70. The average Bonchev–Trinajstić information content (AvgIpc) is 2.88. The Morgan fingerprint density at radius 2 is 2.21 bits per heavy atom. The summed E-state index contributed by atoms with van der Waals surface area (Å²) in [5.41, 5.74) is 8.48. The second-order valence-electron chi connectivity index (χ2n) is 5.69. The summed E-state index contributed by atoms with van der Waals surface area (Å²) >= 11 is 6.22. The Morgan fingerprint density at radius 1 is 1.32 bits per heavy atom. The molecule has 0 aromatic heterocycles. The number of hydrogen-bond donors (Lipinski definition) is 1. The highest BCUT2D eigenvalue weighted by Crippen LogP contribution is 2.39. The first-order chi connectivity index (χ1) is 9.22. The van der Waals surface area contributed by atoms with Crippen LogP contribution in [0.1, 0.15) is 24.0 Å². The van der Waals surface area contributed by atoms with E-state index in [9.17, 15) is 0 Å². The highest BCUT2D eigenvalue weighted by atomic mass is 35.5. The molecule has 1 unspecified atom stereocenters. The molecule has 0 radical (unpaired) electrons. The standard InChI is InChI=1S/C15H20ClNO2/c16-13-6-11-2-5-19-14(11)12(7-13)8-15(9-17)3-1-4-18-10-15/h6-7H,1-5,8-10,17H2. The van der Waals surface area contributed by atoms with Crippen LogP contribution in [0.4, 0.5) is 0 Å². The third-order valence-electron chi connectivity index (χ3n) is 4.23. The van der Waals surface area contributed by atoms with Gasteiger partial charge in [0, 0.05) is 30.0 Å². The molecule has 2 heterocycles. The predicted molar refractivity (Wildman–Crippen MR) is 75.9 cm³/mol. The molecular weight excluding hydrogens is 262 g/mol. The van der Waals surface area contributed by atoms with Crippen LogP contribution in [0.2, 0.25) is 5.02 Å². The second kappa shape index (κ2) is 5.31. The van der Waals surface area contributed by atoms with Gasteiger partial charge in [0.2, 0.25) is 0 Å². The van der Waals surface area contributed by atoms with E-state index in [2.05, 4.69) is 0 Å². The summed E-state index contributed by atoms with van der Waals surface area (Å²) in [5.74, 6) is 1.03. The summed E-state index contributed by atoms with van der Waals surface area (Å²) in [5, 5.41) is 0.795. The zero-order valence-corrected chi connectivity index (χ0v) is 11.8.